The van der Waals surface area contributed by atoms with E-state index in [1.165, 1.54) is 25.7 Å². The van der Waals surface area contributed by atoms with Gasteiger partial charge in [0.25, 0.3) is 0 Å². The normalized spacial score (nSPS) is 24.4. The van der Waals surface area contributed by atoms with Crippen molar-refractivity contribution in [1.29, 1.82) is 0 Å². The van der Waals surface area contributed by atoms with E-state index in [-0.39, 0.29) is 0 Å². The van der Waals surface area contributed by atoms with E-state index in [2.05, 4.69) is 11.6 Å². The van der Waals surface area contributed by atoms with Gasteiger partial charge in [0.1, 0.15) is 5.75 Å². The second kappa shape index (κ2) is 7.91. The quantitative estimate of drug-likeness (QED) is 0.846. The van der Waals surface area contributed by atoms with E-state index in [9.17, 15) is 5.11 Å². The van der Waals surface area contributed by atoms with Gasteiger partial charge in [0.05, 0.1) is 13.2 Å². The van der Waals surface area contributed by atoms with Crippen molar-refractivity contribution in [1.82, 2.24) is 5.32 Å². The van der Waals surface area contributed by atoms with Gasteiger partial charge in [-0.15, -0.1) is 0 Å². The van der Waals surface area contributed by atoms with Gasteiger partial charge >= 0.3 is 0 Å². The average molecular weight is 295 g/mol. The summed E-state index contributed by atoms with van der Waals surface area (Å²) in [6.45, 7) is 0.626. The fourth-order valence-corrected chi connectivity index (χ4v) is 3.47. The summed E-state index contributed by atoms with van der Waals surface area (Å²) in [6, 6.07) is 8.20. The number of ether oxygens (including phenoxy) is 1. The molecule has 0 amide bonds. The van der Waals surface area contributed by atoms with E-state index < -0.39 is 6.10 Å². The molecule has 0 bridgehead atoms. The minimum Gasteiger partial charge on any atom is -0.497 e. The van der Waals surface area contributed by atoms with Crippen molar-refractivity contribution in [3.8, 4) is 5.75 Å². The Morgan fingerprint density at radius 3 is 2.45 bits per heavy atom. The molecule has 20 heavy (non-hydrogen) atoms. The Bertz CT molecular complexity index is 388. The van der Waals surface area contributed by atoms with Crippen molar-refractivity contribution in [2.45, 2.75) is 43.1 Å². The first-order valence-corrected chi connectivity index (χ1v) is 8.60. The maximum atomic E-state index is 10.2. The lowest BCUT2D eigenvalue weighted by molar-refractivity contribution is 0.166. The Morgan fingerprint density at radius 2 is 1.90 bits per heavy atom. The van der Waals surface area contributed by atoms with E-state index >= 15 is 0 Å². The van der Waals surface area contributed by atoms with Crippen molar-refractivity contribution in [3.05, 3.63) is 29.8 Å². The summed E-state index contributed by atoms with van der Waals surface area (Å²) in [6.07, 6.45) is 6.78. The maximum Gasteiger partial charge on any atom is 0.118 e. The highest BCUT2D eigenvalue weighted by atomic mass is 32.2. The number of aliphatic hydroxyl groups excluding tert-OH is 1. The second-order valence-electron chi connectivity index (χ2n) is 5.41. The van der Waals surface area contributed by atoms with Crippen LogP contribution in [0.3, 0.4) is 0 Å². The Kier molecular flexibility index (Phi) is 6.20. The molecule has 0 aliphatic heterocycles. The monoisotopic (exact) mass is 295 g/mol. The largest absolute Gasteiger partial charge is 0.497 e. The predicted molar refractivity (Wildman–Crippen MR) is 85.5 cm³/mol. The zero-order valence-corrected chi connectivity index (χ0v) is 13.2. The Morgan fingerprint density at radius 1 is 1.25 bits per heavy atom. The van der Waals surface area contributed by atoms with Gasteiger partial charge in [0.15, 0.2) is 0 Å². The minimum absolute atomic E-state index is 0.445. The first kappa shape index (κ1) is 15.7. The highest BCUT2D eigenvalue weighted by Crippen LogP contribution is 2.27. The molecule has 0 radical (unpaired) electrons. The Labute approximate surface area is 126 Å². The molecule has 1 atom stereocenters. The number of benzene rings is 1. The van der Waals surface area contributed by atoms with Gasteiger partial charge < -0.3 is 15.2 Å². The summed E-state index contributed by atoms with van der Waals surface area (Å²) in [5, 5.41) is 14.5. The van der Waals surface area contributed by atoms with Crippen LogP contribution in [0.2, 0.25) is 0 Å². The Balaban J connectivity index is 1.75. The molecule has 0 saturated heterocycles. The first-order chi connectivity index (χ1) is 9.72. The van der Waals surface area contributed by atoms with Gasteiger partial charge in [-0.05, 0) is 49.6 Å². The van der Waals surface area contributed by atoms with Crippen molar-refractivity contribution in [3.63, 3.8) is 0 Å². The molecular weight excluding hydrogens is 270 g/mol. The molecule has 112 valence electrons. The summed E-state index contributed by atoms with van der Waals surface area (Å²) in [5.41, 5.74) is 0.941. The molecule has 1 aromatic rings. The fourth-order valence-electron chi connectivity index (χ4n) is 2.72. The number of rotatable bonds is 6. The minimum atomic E-state index is -0.445. The van der Waals surface area contributed by atoms with Gasteiger partial charge in [0.2, 0.25) is 0 Å². The third-order valence-electron chi connectivity index (χ3n) is 4.11. The molecule has 4 heteroatoms. The maximum absolute atomic E-state index is 10.2. The molecule has 2 N–H and O–H groups in total. The topological polar surface area (TPSA) is 41.5 Å². The second-order valence-corrected chi connectivity index (χ2v) is 6.54. The molecule has 1 fully saturated rings. The van der Waals surface area contributed by atoms with Gasteiger partial charge in [-0.25, -0.2) is 0 Å². The molecular formula is C16H25NO2S. The highest BCUT2D eigenvalue weighted by Gasteiger charge is 2.20. The van der Waals surface area contributed by atoms with Gasteiger partial charge in [-0.3, -0.25) is 0 Å². The molecule has 1 aliphatic carbocycles. The molecule has 2 rings (SSSR count). The fraction of sp³-hybridized carbons (Fsp3) is 0.625. The van der Waals surface area contributed by atoms with Crippen molar-refractivity contribution >= 4 is 11.8 Å². The summed E-state index contributed by atoms with van der Waals surface area (Å²) >= 11 is 1.98. The molecule has 1 saturated carbocycles. The number of thioether (sulfide) groups is 1. The van der Waals surface area contributed by atoms with E-state index in [4.69, 9.17) is 4.74 Å². The molecule has 1 aromatic carbocycles. The van der Waals surface area contributed by atoms with E-state index in [0.717, 1.165) is 16.6 Å². The molecule has 0 spiro atoms. The molecule has 0 heterocycles. The van der Waals surface area contributed by atoms with Crippen LogP contribution in [0.5, 0.6) is 5.75 Å². The summed E-state index contributed by atoms with van der Waals surface area (Å²) < 4.78 is 5.13. The van der Waals surface area contributed by atoms with Gasteiger partial charge in [-0.1, -0.05) is 12.1 Å². The van der Waals surface area contributed by atoms with Crippen LogP contribution in [0, 0.1) is 0 Å². The summed E-state index contributed by atoms with van der Waals surface area (Å²) in [7, 11) is 1.65. The standard InChI is InChI=1S/C16H25NO2S/c1-19-14-7-3-12(4-8-14)16(18)11-17-13-5-9-15(20-2)10-6-13/h3-4,7-8,13,15-18H,5-6,9-11H2,1-2H3. The third-order valence-corrected chi connectivity index (χ3v) is 5.25. The molecule has 1 aliphatic rings. The lowest BCUT2D eigenvalue weighted by Gasteiger charge is -2.29. The summed E-state index contributed by atoms with van der Waals surface area (Å²) in [5.74, 6) is 0.823. The van der Waals surface area contributed by atoms with Crippen LogP contribution in [0.1, 0.15) is 37.4 Å². The zero-order valence-electron chi connectivity index (χ0n) is 12.3. The van der Waals surface area contributed by atoms with Crippen LogP contribution in [-0.2, 0) is 0 Å². The molecule has 3 nitrogen and oxygen atoms in total. The van der Waals surface area contributed by atoms with Crippen LogP contribution in [-0.4, -0.2) is 36.3 Å². The van der Waals surface area contributed by atoms with E-state index in [1.807, 2.05) is 36.0 Å². The van der Waals surface area contributed by atoms with Crippen LogP contribution < -0.4 is 10.1 Å². The van der Waals surface area contributed by atoms with Crippen molar-refractivity contribution in [2.24, 2.45) is 0 Å². The lowest BCUT2D eigenvalue weighted by Crippen LogP contribution is -2.36. The predicted octanol–water partition coefficient (Wildman–Crippen LogP) is 2.99. The smallest absolute Gasteiger partial charge is 0.118 e. The van der Waals surface area contributed by atoms with Crippen LogP contribution in [0.4, 0.5) is 0 Å². The van der Waals surface area contributed by atoms with Gasteiger partial charge in [0, 0.05) is 17.8 Å². The number of methoxy groups -OCH3 is 1. The third kappa shape index (κ3) is 4.40. The SMILES string of the molecule is COc1ccc(C(O)CNC2CCC(SC)CC2)cc1. The van der Waals surface area contributed by atoms with E-state index in [1.54, 1.807) is 7.11 Å². The number of hydrogen-bond acceptors (Lipinski definition) is 4. The van der Waals surface area contributed by atoms with Crippen LogP contribution >= 0.6 is 11.8 Å². The number of nitrogens with one attached hydrogen (secondary N) is 1. The number of aliphatic hydroxyl groups is 1. The van der Waals surface area contributed by atoms with E-state index in [0.29, 0.717) is 12.6 Å². The first-order valence-electron chi connectivity index (χ1n) is 7.31. The number of hydrogen-bond donors (Lipinski definition) is 2. The highest BCUT2D eigenvalue weighted by molar-refractivity contribution is 7.99. The Hall–Kier alpha value is -0.710. The van der Waals surface area contributed by atoms with Crippen LogP contribution in [0.15, 0.2) is 24.3 Å². The van der Waals surface area contributed by atoms with Crippen molar-refractivity contribution in [2.75, 3.05) is 19.9 Å². The molecule has 0 aromatic heterocycles. The molecule has 1 unspecified atom stereocenters. The van der Waals surface area contributed by atoms with Crippen LogP contribution in [0.25, 0.3) is 0 Å². The average Bonchev–Trinajstić information content (AvgIpc) is 2.53. The van der Waals surface area contributed by atoms with Gasteiger partial charge in [-0.2, -0.15) is 11.8 Å². The summed E-state index contributed by atoms with van der Waals surface area (Å²) in [4.78, 5) is 0. The zero-order chi connectivity index (χ0) is 14.4. The van der Waals surface area contributed by atoms with Crippen molar-refractivity contribution < 1.29 is 9.84 Å². The lowest BCUT2D eigenvalue weighted by atomic mass is 9.94.